The minimum absolute atomic E-state index is 0. The van der Waals surface area contributed by atoms with E-state index in [2.05, 4.69) is 38.8 Å². The molecule has 0 aromatic carbocycles. The number of aliphatic imine (C=N–C) groups is 1. The van der Waals surface area contributed by atoms with E-state index >= 15 is 0 Å². The van der Waals surface area contributed by atoms with Gasteiger partial charge in [0, 0.05) is 39.1 Å². The van der Waals surface area contributed by atoms with Crippen LogP contribution in [0, 0.1) is 5.92 Å². The Balaban J connectivity index is 0.00000338. The number of hydrogen-bond acceptors (Lipinski definition) is 5. The van der Waals surface area contributed by atoms with Crippen LogP contribution in [0.25, 0.3) is 0 Å². The molecule has 2 rings (SSSR count). The average Bonchev–Trinajstić information content (AvgIpc) is 3.11. The van der Waals surface area contributed by atoms with Crippen LogP contribution in [0.15, 0.2) is 11.3 Å². The van der Waals surface area contributed by atoms with Crippen LogP contribution in [-0.4, -0.2) is 64.9 Å². The lowest BCUT2D eigenvalue weighted by molar-refractivity contribution is -0.146. The zero-order valence-corrected chi connectivity index (χ0v) is 18.3. The Kier molecular flexibility index (Phi) is 10.5. The number of guanidine groups is 1. The van der Waals surface area contributed by atoms with Crippen molar-refractivity contribution in [2.24, 2.45) is 10.9 Å². The zero-order chi connectivity index (χ0) is 18.1. The number of nitrogens with zero attached hydrogens (tertiary/aromatic N) is 5. The molecule has 1 aliphatic rings. The van der Waals surface area contributed by atoms with E-state index in [1.54, 1.807) is 6.33 Å². The summed E-state index contributed by atoms with van der Waals surface area (Å²) in [6.45, 7) is 8.21. The predicted octanol–water partition coefficient (Wildman–Crippen LogP) is 1.70. The molecule has 0 spiro atoms. The molecule has 9 heteroatoms. The van der Waals surface area contributed by atoms with Gasteiger partial charge in [-0.3, -0.25) is 9.79 Å². The summed E-state index contributed by atoms with van der Waals surface area (Å²) in [5.41, 5.74) is 0. The first-order valence-corrected chi connectivity index (χ1v) is 9.17. The molecule has 0 atom stereocenters. The molecule has 0 aliphatic carbocycles. The number of likely N-dealkylation sites (tertiary alicyclic amines) is 1. The number of nitrogens with one attached hydrogen (secondary N) is 1. The number of carbonyl (C=O) groups excluding carboxylic acids is 1. The molecule has 0 unspecified atom stereocenters. The van der Waals surface area contributed by atoms with Crippen molar-refractivity contribution in [2.75, 3.05) is 33.3 Å². The van der Waals surface area contributed by atoms with Crippen molar-refractivity contribution in [3.8, 4) is 0 Å². The monoisotopic (exact) mass is 478 g/mol. The number of rotatable bonds is 7. The Bertz CT molecular complexity index is 569. The lowest BCUT2D eigenvalue weighted by atomic mass is 9.97. The highest BCUT2D eigenvalue weighted by molar-refractivity contribution is 14.0. The maximum atomic E-state index is 11.7. The third-order valence-corrected chi connectivity index (χ3v) is 4.46. The second-order valence-electron chi connectivity index (χ2n) is 6.21. The average molecular weight is 478 g/mol. The van der Waals surface area contributed by atoms with Gasteiger partial charge in [-0.05, 0) is 19.3 Å². The molecule has 148 valence electrons. The van der Waals surface area contributed by atoms with E-state index in [1.165, 1.54) is 7.11 Å². The van der Waals surface area contributed by atoms with Crippen molar-refractivity contribution in [3.63, 3.8) is 0 Å². The SMILES string of the molecule is CCCN=C(NCCn1cnnc1CC)N1CCC(C(=O)OC)CC1.I. The summed E-state index contributed by atoms with van der Waals surface area (Å²) in [6, 6.07) is 0. The number of ether oxygens (including phenoxy) is 1. The van der Waals surface area contributed by atoms with Crippen molar-refractivity contribution >= 4 is 35.9 Å². The first-order chi connectivity index (χ1) is 12.2. The van der Waals surface area contributed by atoms with Crippen LogP contribution in [0.2, 0.25) is 0 Å². The maximum Gasteiger partial charge on any atom is 0.308 e. The maximum absolute atomic E-state index is 11.7. The number of methoxy groups -OCH3 is 1. The van der Waals surface area contributed by atoms with E-state index < -0.39 is 0 Å². The van der Waals surface area contributed by atoms with Gasteiger partial charge in [0.15, 0.2) is 5.96 Å². The fraction of sp³-hybridized carbons (Fsp3) is 0.765. The Morgan fingerprint density at radius 3 is 2.73 bits per heavy atom. The van der Waals surface area contributed by atoms with E-state index in [0.717, 1.165) is 70.2 Å². The van der Waals surface area contributed by atoms with Crippen LogP contribution in [0.3, 0.4) is 0 Å². The third kappa shape index (κ3) is 6.40. The number of aryl methyl sites for hydroxylation is 1. The summed E-state index contributed by atoms with van der Waals surface area (Å²) in [6.07, 6.45) is 5.27. The molecule has 1 aromatic rings. The van der Waals surface area contributed by atoms with E-state index in [1.807, 2.05) is 0 Å². The second kappa shape index (κ2) is 12.1. The second-order valence-corrected chi connectivity index (χ2v) is 6.21. The number of carbonyl (C=O) groups is 1. The highest BCUT2D eigenvalue weighted by atomic mass is 127. The largest absolute Gasteiger partial charge is 0.469 e. The van der Waals surface area contributed by atoms with Crippen molar-refractivity contribution < 1.29 is 9.53 Å². The first kappa shape index (κ1) is 22.7. The molecule has 26 heavy (non-hydrogen) atoms. The van der Waals surface area contributed by atoms with Crippen LogP contribution < -0.4 is 5.32 Å². The lowest BCUT2D eigenvalue weighted by Crippen LogP contribution is -2.47. The summed E-state index contributed by atoms with van der Waals surface area (Å²) < 4.78 is 6.92. The van der Waals surface area contributed by atoms with Gasteiger partial charge in [-0.25, -0.2) is 0 Å². The Hall–Kier alpha value is -1.39. The van der Waals surface area contributed by atoms with Gasteiger partial charge in [0.2, 0.25) is 0 Å². The van der Waals surface area contributed by atoms with Crippen LogP contribution in [0.5, 0.6) is 0 Å². The molecule has 1 fully saturated rings. The Morgan fingerprint density at radius 1 is 1.38 bits per heavy atom. The molecular weight excluding hydrogens is 447 g/mol. The van der Waals surface area contributed by atoms with Crippen molar-refractivity contribution in [2.45, 2.75) is 46.1 Å². The highest BCUT2D eigenvalue weighted by Crippen LogP contribution is 2.18. The van der Waals surface area contributed by atoms with E-state index in [-0.39, 0.29) is 35.9 Å². The normalized spacial score (nSPS) is 15.5. The number of hydrogen-bond donors (Lipinski definition) is 1. The van der Waals surface area contributed by atoms with Crippen molar-refractivity contribution in [1.82, 2.24) is 25.0 Å². The predicted molar refractivity (Wildman–Crippen MR) is 112 cm³/mol. The molecule has 0 amide bonds. The summed E-state index contributed by atoms with van der Waals surface area (Å²) in [5.74, 6) is 1.83. The van der Waals surface area contributed by atoms with Gasteiger partial charge in [-0.2, -0.15) is 0 Å². The van der Waals surface area contributed by atoms with Gasteiger partial charge >= 0.3 is 5.97 Å². The minimum Gasteiger partial charge on any atom is -0.469 e. The molecule has 1 saturated heterocycles. The lowest BCUT2D eigenvalue weighted by Gasteiger charge is -2.33. The van der Waals surface area contributed by atoms with E-state index in [9.17, 15) is 4.79 Å². The van der Waals surface area contributed by atoms with Gasteiger partial charge in [0.25, 0.3) is 0 Å². The summed E-state index contributed by atoms with van der Waals surface area (Å²) in [4.78, 5) is 18.6. The number of piperidine rings is 1. The van der Waals surface area contributed by atoms with Crippen LogP contribution in [0.1, 0.15) is 38.9 Å². The Morgan fingerprint density at radius 2 is 2.12 bits per heavy atom. The summed E-state index contributed by atoms with van der Waals surface area (Å²) in [5, 5.41) is 11.5. The molecule has 1 aliphatic heterocycles. The molecule has 0 saturated carbocycles. The molecule has 2 heterocycles. The third-order valence-electron chi connectivity index (χ3n) is 4.46. The van der Waals surface area contributed by atoms with Crippen LogP contribution in [-0.2, 0) is 22.5 Å². The fourth-order valence-electron chi connectivity index (χ4n) is 3.01. The Labute approximate surface area is 172 Å². The number of esters is 1. The summed E-state index contributed by atoms with van der Waals surface area (Å²) >= 11 is 0. The smallest absolute Gasteiger partial charge is 0.308 e. The highest BCUT2D eigenvalue weighted by Gasteiger charge is 2.27. The van der Waals surface area contributed by atoms with Crippen LogP contribution >= 0.6 is 24.0 Å². The standard InChI is InChI=1S/C17H30N6O2.HI/c1-4-8-18-17(19-9-12-23-13-20-21-15(23)5-2)22-10-6-14(7-11-22)16(24)25-3;/h13-14H,4-12H2,1-3H3,(H,18,19);1H. The van der Waals surface area contributed by atoms with Gasteiger partial charge in [-0.1, -0.05) is 13.8 Å². The molecule has 8 nitrogen and oxygen atoms in total. The molecular formula is C17H31IN6O2. The molecule has 0 radical (unpaired) electrons. The van der Waals surface area contributed by atoms with Gasteiger partial charge in [-0.15, -0.1) is 34.2 Å². The molecule has 0 bridgehead atoms. The van der Waals surface area contributed by atoms with E-state index in [4.69, 9.17) is 9.73 Å². The molecule has 1 aromatic heterocycles. The van der Waals surface area contributed by atoms with E-state index in [0.29, 0.717) is 0 Å². The number of halogens is 1. The minimum atomic E-state index is -0.0978. The quantitative estimate of drug-likeness (QED) is 0.278. The zero-order valence-electron chi connectivity index (χ0n) is 16.0. The molecule has 1 N–H and O–H groups in total. The fourth-order valence-corrected chi connectivity index (χ4v) is 3.01. The number of aromatic nitrogens is 3. The van der Waals surface area contributed by atoms with Crippen molar-refractivity contribution in [3.05, 3.63) is 12.2 Å². The topological polar surface area (TPSA) is 84.6 Å². The summed E-state index contributed by atoms with van der Waals surface area (Å²) in [7, 11) is 1.46. The van der Waals surface area contributed by atoms with Crippen molar-refractivity contribution in [1.29, 1.82) is 0 Å². The first-order valence-electron chi connectivity index (χ1n) is 9.17. The van der Waals surface area contributed by atoms with Gasteiger partial charge in [0.1, 0.15) is 12.2 Å². The van der Waals surface area contributed by atoms with Gasteiger partial charge < -0.3 is 19.5 Å². The van der Waals surface area contributed by atoms with Gasteiger partial charge in [0.05, 0.1) is 13.0 Å². The van der Waals surface area contributed by atoms with Crippen LogP contribution in [0.4, 0.5) is 0 Å².